The van der Waals surface area contributed by atoms with E-state index in [4.69, 9.17) is 10.5 Å². The second kappa shape index (κ2) is 4.62. The van der Waals surface area contributed by atoms with E-state index in [9.17, 15) is 0 Å². The lowest BCUT2D eigenvalue weighted by Gasteiger charge is -2.19. The predicted molar refractivity (Wildman–Crippen MR) is 59.8 cm³/mol. The highest BCUT2D eigenvalue weighted by atomic mass is 16.5. The van der Waals surface area contributed by atoms with Crippen LogP contribution >= 0.6 is 0 Å². The molecule has 2 atom stereocenters. The Balaban J connectivity index is 2.02. The van der Waals surface area contributed by atoms with Crippen LogP contribution in [0.25, 0.3) is 0 Å². The summed E-state index contributed by atoms with van der Waals surface area (Å²) in [5, 5.41) is 0. The van der Waals surface area contributed by atoms with Crippen molar-refractivity contribution in [3.63, 3.8) is 0 Å². The lowest BCUT2D eigenvalue weighted by atomic mass is 10.1. The van der Waals surface area contributed by atoms with Crippen LogP contribution in [0, 0.1) is 12.8 Å². The Bertz CT molecular complexity index is 327. The highest BCUT2D eigenvalue weighted by molar-refractivity contribution is 5.22. The molecule has 82 valence electrons. The lowest BCUT2D eigenvalue weighted by molar-refractivity contribution is 0.162. The Morgan fingerprint density at radius 1 is 1.53 bits per heavy atom. The molecule has 0 amide bonds. The molecule has 1 aromatic rings. The first kappa shape index (κ1) is 10.4. The van der Waals surface area contributed by atoms with Crippen molar-refractivity contribution in [2.75, 3.05) is 6.54 Å². The van der Waals surface area contributed by atoms with Crippen LogP contribution in [0.5, 0.6) is 5.75 Å². The molecule has 2 N–H and O–H groups in total. The van der Waals surface area contributed by atoms with Crippen LogP contribution in [0.3, 0.4) is 0 Å². The molecule has 0 spiro atoms. The van der Waals surface area contributed by atoms with E-state index in [0.29, 0.717) is 12.0 Å². The molecule has 1 fully saturated rings. The second-order valence-corrected chi connectivity index (χ2v) is 4.22. The summed E-state index contributed by atoms with van der Waals surface area (Å²) in [7, 11) is 0. The molecule has 15 heavy (non-hydrogen) atoms. The molecule has 1 heterocycles. The molecule has 0 aliphatic heterocycles. The van der Waals surface area contributed by atoms with E-state index >= 15 is 0 Å². The molecule has 1 aromatic heterocycles. The molecule has 0 saturated heterocycles. The minimum Gasteiger partial charge on any atom is -0.490 e. The predicted octanol–water partition coefficient (Wildman–Crippen LogP) is 1.90. The number of aromatic nitrogens is 1. The first-order valence-corrected chi connectivity index (χ1v) is 5.59. The maximum absolute atomic E-state index is 5.94. The van der Waals surface area contributed by atoms with Gasteiger partial charge in [0.2, 0.25) is 0 Å². The summed E-state index contributed by atoms with van der Waals surface area (Å²) in [5.74, 6) is 1.45. The third-order valence-corrected chi connectivity index (χ3v) is 3.05. The van der Waals surface area contributed by atoms with Crippen molar-refractivity contribution < 1.29 is 4.74 Å². The van der Waals surface area contributed by atoms with Crippen molar-refractivity contribution in [2.45, 2.75) is 32.3 Å². The van der Waals surface area contributed by atoms with Gasteiger partial charge in [-0.2, -0.15) is 0 Å². The molecule has 0 aromatic carbocycles. The van der Waals surface area contributed by atoms with Gasteiger partial charge in [0, 0.05) is 23.9 Å². The number of ether oxygens (including phenoxy) is 1. The number of nitrogens with zero attached hydrogens (tertiary/aromatic N) is 1. The van der Waals surface area contributed by atoms with Gasteiger partial charge in [-0.25, -0.2) is 0 Å². The molecule has 2 rings (SSSR count). The van der Waals surface area contributed by atoms with Crippen LogP contribution in [-0.2, 0) is 0 Å². The van der Waals surface area contributed by atoms with Crippen LogP contribution in [0.1, 0.15) is 25.0 Å². The molecular weight excluding hydrogens is 188 g/mol. The smallest absolute Gasteiger partial charge is 0.123 e. The minimum absolute atomic E-state index is 0.303. The van der Waals surface area contributed by atoms with Gasteiger partial charge in [0.15, 0.2) is 0 Å². The average Bonchev–Trinajstić information content (AvgIpc) is 2.65. The molecular formula is C12H18N2O. The number of nitrogens with two attached hydrogens (primary N) is 1. The standard InChI is InChI=1S/C12H18N2O/c1-9-7-11(5-6-14-9)15-12-4-2-3-10(12)8-13/h5-7,10,12H,2-4,8,13H2,1H3. The number of rotatable bonds is 3. The van der Waals surface area contributed by atoms with Crippen LogP contribution < -0.4 is 10.5 Å². The van der Waals surface area contributed by atoms with Gasteiger partial charge in [-0.3, -0.25) is 4.98 Å². The maximum atomic E-state index is 5.94. The third kappa shape index (κ3) is 2.48. The maximum Gasteiger partial charge on any atom is 0.123 e. The molecule has 1 aliphatic rings. The van der Waals surface area contributed by atoms with E-state index in [1.54, 1.807) is 6.20 Å². The SMILES string of the molecule is Cc1cc(OC2CCCC2CN)ccn1. The second-order valence-electron chi connectivity index (χ2n) is 4.22. The van der Waals surface area contributed by atoms with Crippen LogP contribution in [0.4, 0.5) is 0 Å². The molecule has 2 unspecified atom stereocenters. The molecule has 0 radical (unpaired) electrons. The number of aryl methyl sites for hydroxylation is 1. The van der Waals surface area contributed by atoms with Gasteiger partial charge in [0.1, 0.15) is 11.9 Å². The summed E-state index contributed by atoms with van der Waals surface area (Å²) in [6.07, 6.45) is 5.65. The molecule has 3 heteroatoms. The summed E-state index contributed by atoms with van der Waals surface area (Å²) in [6, 6.07) is 3.89. The third-order valence-electron chi connectivity index (χ3n) is 3.05. The monoisotopic (exact) mass is 206 g/mol. The fraction of sp³-hybridized carbons (Fsp3) is 0.583. The number of pyridine rings is 1. The first-order valence-electron chi connectivity index (χ1n) is 5.59. The normalized spacial score (nSPS) is 25.5. The van der Waals surface area contributed by atoms with Gasteiger partial charge in [-0.1, -0.05) is 0 Å². The van der Waals surface area contributed by atoms with Crippen molar-refractivity contribution in [2.24, 2.45) is 11.7 Å². The van der Waals surface area contributed by atoms with Crippen LogP contribution in [-0.4, -0.2) is 17.6 Å². The molecule has 1 saturated carbocycles. The summed E-state index contributed by atoms with van der Waals surface area (Å²) in [6.45, 7) is 2.71. The summed E-state index contributed by atoms with van der Waals surface area (Å²) < 4.78 is 5.94. The van der Waals surface area contributed by atoms with Crippen molar-refractivity contribution in [1.82, 2.24) is 4.98 Å². The lowest BCUT2D eigenvalue weighted by Crippen LogP contribution is -2.27. The van der Waals surface area contributed by atoms with Crippen LogP contribution in [0.15, 0.2) is 18.3 Å². The number of hydrogen-bond donors (Lipinski definition) is 1. The van der Waals surface area contributed by atoms with Gasteiger partial charge < -0.3 is 10.5 Å². The van der Waals surface area contributed by atoms with E-state index in [0.717, 1.165) is 24.4 Å². The van der Waals surface area contributed by atoms with E-state index in [-0.39, 0.29) is 0 Å². The Kier molecular flexibility index (Phi) is 3.21. The first-order chi connectivity index (χ1) is 7.29. The topological polar surface area (TPSA) is 48.1 Å². The average molecular weight is 206 g/mol. The Morgan fingerprint density at radius 3 is 3.13 bits per heavy atom. The van der Waals surface area contributed by atoms with Gasteiger partial charge in [-0.15, -0.1) is 0 Å². The highest BCUT2D eigenvalue weighted by Crippen LogP contribution is 2.28. The van der Waals surface area contributed by atoms with Crippen molar-refractivity contribution in [3.8, 4) is 5.75 Å². The van der Waals surface area contributed by atoms with Crippen molar-refractivity contribution in [1.29, 1.82) is 0 Å². The largest absolute Gasteiger partial charge is 0.490 e. The quantitative estimate of drug-likeness (QED) is 0.821. The summed E-state index contributed by atoms with van der Waals surface area (Å²) >= 11 is 0. The minimum atomic E-state index is 0.303. The van der Waals surface area contributed by atoms with Crippen molar-refractivity contribution in [3.05, 3.63) is 24.0 Å². The van der Waals surface area contributed by atoms with Gasteiger partial charge in [-0.05, 0) is 38.8 Å². The molecule has 3 nitrogen and oxygen atoms in total. The van der Waals surface area contributed by atoms with E-state index in [1.807, 2.05) is 19.1 Å². The van der Waals surface area contributed by atoms with E-state index in [2.05, 4.69) is 4.98 Å². The highest BCUT2D eigenvalue weighted by Gasteiger charge is 2.27. The zero-order valence-electron chi connectivity index (χ0n) is 9.15. The molecule has 0 bridgehead atoms. The van der Waals surface area contributed by atoms with E-state index < -0.39 is 0 Å². The summed E-state index contributed by atoms with van der Waals surface area (Å²) in [5.41, 5.74) is 6.71. The van der Waals surface area contributed by atoms with E-state index in [1.165, 1.54) is 12.8 Å². The zero-order valence-corrected chi connectivity index (χ0v) is 9.15. The van der Waals surface area contributed by atoms with Gasteiger partial charge in [0.25, 0.3) is 0 Å². The Hall–Kier alpha value is -1.09. The van der Waals surface area contributed by atoms with Gasteiger partial charge >= 0.3 is 0 Å². The Morgan fingerprint density at radius 2 is 2.40 bits per heavy atom. The zero-order chi connectivity index (χ0) is 10.7. The van der Waals surface area contributed by atoms with Crippen LogP contribution in [0.2, 0.25) is 0 Å². The number of hydrogen-bond acceptors (Lipinski definition) is 3. The van der Waals surface area contributed by atoms with Gasteiger partial charge in [0.05, 0.1) is 0 Å². The summed E-state index contributed by atoms with van der Waals surface area (Å²) in [4.78, 5) is 4.15. The fourth-order valence-corrected chi connectivity index (χ4v) is 2.20. The fourth-order valence-electron chi connectivity index (χ4n) is 2.20. The van der Waals surface area contributed by atoms with Crippen molar-refractivity contribution >= 4 is 0 Å². The Labute approximate surface area is 90.7 Å². The molecule has 1 aliphatic carbocycles.